The highest BCUT2D eigenvalue weighted by molar-refractivity contribution is 7.87. The summed E-state index contributed by atoms with van der Waals surface area (Å²) in [5.74, 6) is -0.657. The minimum absolute atomic E-state index is 0.0370. The maximum Gasteiger partial charge on any atom is 0.457 e. The van der Waals surface area contributed by atoms with Gasteiger partial charge in [0.1, 0.15) is 16.7 Å². The molecule has 1 atom stereocenters. The minimum Gasteiger partial charge on any atom is -0.458 e. The predicted molar refractivity (Wildman–Crippen MR) is 148 cm³/mol. The van der Waals surface area contributed by atoms with Crippen LogP contribution < -0.4 is 10.0 Å². The molecule has 0 aromatic carbocycles. The third-order valence-electron chi connectivity index (χ3n) is 6.44. The Morgan fingerprint density at radius 1 is 0.868 bits per heavy atom. The van der Waals surface area contributed by atoms with Gasteiger partial charge in [-0.15, -0.1) is 0 Å². The van der Waals surface area contributed by atoms with Gasteiger partial charge >= 0.3 is 19.2 Å². The Morgan fingerprint density at radius 3 is 1.82 bits per heavy atom. The first-order chi connectivity index (χ1) is 16.9. The summed E-state index contributed by atoms with van der Waals surface area (Å²) in [5.41, 5.74) is -4.04. The molecule has 0 radical (unpaired) electrons. The van der Waals surface area contributed by atoms with E-state index in [1.165, 1.54) is 14.1 Å². The van der Waals surface area contributed by atoms with Crippen LogP contribution in [0.1, 0.15) is 94.9 Å². The Balaban J connectivity index is 3.14. The normalized spacial score (nSPS) is 19.2. The lowest BCUT2D eigenvalue weighted by molar-refractivity contribution is -0.164. The first kappa shape index (κ1) is 34.6. The molecule has 0 bridgehead atoms. The number of nitrogens with one attached hydrogen (secondary N) is 2. The van der Waals surface area contributed by atoms with E-state index in [0.29, 0.717) is 19.2 Å². The SMILES string of the molecule is CN(C)S(=O)(=O)NCCC(CCCCB1OC(C)(C)C(C)(C)O1)(NC(=O)OC(C)(C)C)C(=O)OC(C)(C)C. The second-order valence-corrected chi connectivity index (χ2v) is 15.0. The van der Waals surface area contributed by atoms with Crippen molar-refractivity contribution in [1.82, 2.24) is 14.3 Å². The van der Waals surface area contributed by atoms with Gasteiger partial charge in [0.25, 0.3) is 10.2 Å². The molecule has 0 spiro atoms. The van der Waals surface area contributed by atoms with Gasteiger partial charge in [-0.05, 0) is 88.4 Å². The number of amides is 1. The standard InChI is InChI=1S/C25H50BN3O8S/c1-21(2,3)34-19(30)25(28-20(31)35-22(4,5)6,16-18-27-38(32,33)29(11)12)15-13-14-17-26-36-23(7,8)24(9,10)37-26/h27H,13-18H2,1-12H3,(H,28,31). The highest BCUT2D eigenvalue weighted by atomic mass is 32.2. The van der Waals surface area contributed by atoms with Crippen LogP contribution in [0.2, 0.25) is 6.32 Å². The summed E-state index contributed by atoms with van der Waals surface area (Å²) in [6, 6.07) is 0. The van der Waals surface area contributed by atoms with Gasteiger partial charge in [-0.25, -0.2) is 14.3 Å². The smallest absolute Gasteiger partial charge is 0.457 e. The van der Waals surface area contributed by atoms with Crippen LogP contribution in [0.3, 0.4) is 0 Å². The average Bonchev–Trinajstić information content (AvgIpc) is 2.88. The molecule has 1 unspecified atom stereocenters. The second-order valence-electron chi connectivity index (χ2n) is 13.1. The van der Waals surface area contributed by atoms with Crippen molar-refractivity contribution in [2.45, 2.75) is 129 Å². The molecular formula is C25H50BN3O8S. The van der Waals surface area contributed by atoms with Gasteiger partial charge in [0.05, 0.1) is 11.2 Å². The zero-order valence-electron chi connectivity index (χ0n) is 25.4. The van der Waals surface area contributed by atoms with Gasteiger partial charge in [-0.3, -0.25) is 0 Å². The van der Waals surface area contributed by atoms with Crippen molar-refractivity contribution in [3.8, 4) is 0 Å². The lowest BCUT2D eigenvalue weighted by Crippen LogP contribution is -2.58. The van der Waals surface area contributed by atoms with E-state index in [0.717, 1.165) is 4.31 Å². The average molecular weight is 564 g/mol. The van der Waals surface area contributed by atoms with E-state index in [-0.39, 0.29) is 26.5 Å². The molecular weight excluding hydrogens is 513 g/mol. The summed E-state index contributed by atoms with van der Waals surface area (Å²) in [6.07, 6.45) is 1.12. The number of carbonyl (C=O) groups excluding carboxylic acids is 2. The van der Waals surface area contributed by atoms with Gasteiger partial charge in [-0.2, -0.15) is 12.7 Å². The van der Waals surface area contributed by atoms with Gasteiger partial charge in [0, 0.05) is 20.6 Å². The Morgan fingerprint density at radius 2 is 1.37 bits per heavy atom. The van der Waals surface area contributed by atoms with E-state index in [1.54, 1.807) is 41.5 Å². The number of ether oxygens (including phenoxy) is 2. The monoisotopic (exact) mass is 563 g/mol. The van der Waals surface area contributed by atoms with Crippen LogP contribution in [0.25, 0.3) is 0 Å². The van der Waals surface area contributed by atoms with Crippen LogP contribution in [-0.4, -0.2) is 80.5 Å². The zero-order chi connectivity index (χ0) is 29.8. The van der Waals surface area contributed by atoms with Crippen molar-refractivity contribution in [2.75, 3.05) is 20.6 Å². The maximum atomic E-state index is 13.6. The molecule has 1 amide bonds. The Labute approximate surface area is 230 Å². The Bertz CT molecular complexity index is 910. The molecule has 0 aromatic rings. The third kappa shape index (κ3) is 10.6. The fourth-order valence-electron chi connectivity index (χ4n) is 3.72. The van der Waals surface area contributed by atoms with Crippen molar-refractivity contribution >= 4 is 29.4 Å². The van der Waals surface area contributed by atoms with Crippen molar-refractivity contribution in [2.24, 2.45) is 0 Å². The summed E-state index contributed by atoms with van der Waals surface area (Å²) in [5, 5.41) is 2.73. The molecule has 1 fully saturated rings. The number of hydrogen-bond donors (Lipinski definition) is 2. The van der Waals surface area contributed by atoms with Crippen LogP contribution in [-0.2, 0) is 33.8 Å². The molecule has 1 aliphatic heterocycles. The van der Waals surface area contributed by atoms with E-state index in [9.17, 15) is 18.0 Å². The van der Waals surface area contributed by atoms with Crippen LogP contribution in [0, 0.1) is 0 Å². The van der Waals surface area contributed by atoms with Crippen molar-refractivity contribution in [1.29, 1.82) is 0 Å². The first-order valence-electron chi connectivity index (χ1n) is 13.2. The summed E-state index contributed by atoms with van der Waals surface area (Å²) >= 11 is 0. The molecule has 1 heterocycles. The number of unbranched alkanes of at least 4 members (excludes halogenated alkanes) is 1. The molecule has 222 valence electrons. The van der Waals surface area contributed by atoms with Gasteiger partial charge in [-0.1, -0.05) is 12.8 Å². The van der Waals surface area contributed by atoms with E-state index in [2.05, 4.69) is 10.0 Å². The van der Waals surface area contributed by atoms with Crippen LogP contribution >= 0.6 is 0 Å². The quantitative estimate of drug-likeness (QED) is 0.209. The summed E-state index contributed by atoms with van der Waals surface area (Å²) in [7, 11) is -1.33. The highest BCUT2D eigenvalue weighted by Gasteiger charge is 2.50. The maximum absolute atomic E-state index is 13.6. The van der Waals surface area contributed by atoms with Crippen molar-refractivity contribution in [3.05, 3.63) is 0 Å². The van der Waals surface area contributed by atoms with E-state index in [1.807, 2.05) is 27.7 Å². The molecule has 1 rings (SSSR count). The molecule has 38 heavy (non-hydrogen) atoms. The van der Waals surface area contributed by atoms with E-state index >= 15 is 0 Å². The van der Waals surface area contributed by atoms with Crippen LogP contribution in [0.5, 0.6) is 0 Å². The molecule has 1 saturated heterocycles. The molecule has 0 aromatic heterocycles. The summed E-state index contributed by atoms with van der Waals surface area (Å²) in [6.45, 7) is 18.2. The fraction of sp³-hybridized carbons (Fsp3) is 0.920. The van der Waals surface area contributed by atoms with Crippen molar-refractivity contribution in [3.63, 3.8) is 0 Å². The molecule has 1 aliphatic rings. The molecule has 0 saturated carbocycles. The van der Waals surface area contributed by atoms with E-state index < -0.39 is 50.2 Å². The summed E-state index contributed by atoms with van der Waals surface area (Å²) < 4.78 is 51.4. The second kappa shape index (κ2) is 12.4. The third-order valence-corrected chi connectivity index (χ3v) is 7.97. The van der Waals surface area contributed by atoms with Crippen LogP contribution in [0.15, 0.2) is 0 Å². The summed E-state index contributed by atoms with van der Waals surface area (Å²) in [4.78, 5) is 26.4. The molecule has 2 N–H and O–H groups in total. The predicted octanol–water partition coefficient (Wildman–Crippen LogP) is 3.64. The van der Waals surface area contributed by atoms with Gasteiger partial charge in [0.15, 0.2) is 0 Å². The Kier molecular flexibility index (Phi) is 11.3. The van der Waals surface area contributed by atoms with Gasteiger partial charge < -0.3 is 24.1 Å². The molecule has 0 aliphatic carbocycles. The van der Waals surface area contributed by atoms with E-state index in [4.69, 9.17) is 18.8 Å². The number of esters is 1. The number of carbonyl (C=O) groups is 2. The van der Waals surface area contributed by atoms with Crippen molar-refractivity contribution < 1.29 is 36.8 Å². The zero-order valence-corrected chi connectivity index (χ0v) is 26.3. The molecule has 11 nitrogen and oxygen atoms in total. The topological polar surface area (TPSA) is 132 Å². The lowest BCUT2D eigenvalue weighted by atomic mass is 9.80. The largest absolute Gasteiger partial charge is 0.458 e. The number of nitrogens with zero attached hydrogens (tertiary/aromatic N) is 1. The first-order valence-corrected chi connectivity index (χ1v) is 14.6. The number of hydrogen-bond acceptors (Lipinski definition) is 8. The Hall–Kier alpha value is -1.41. The lowest BCUT2D eigenvalue weighted by Gasteiger charge is -2.36. The number of rotatable bonds is 12. The van der Waals surface area contributed by atoms with Crippen LogP contribution in [0.4, 0.5) is 4.79 Å². The highest BCUT2D eigenvalue weighted by Crippen LogP contribution is 2.38. The van der Waals surface area contributed by atoms with Gasteiger partial charge in [0.2, 0.25) is 0 Å². The fourth-order valence-corrected chi connectivity index (χ4v) is 4.34. The number of alkyl carbamates (subject to hydrolysis) is 1. The minimum atomic E-state index is -3.74. The molecule has 13 heteroatoms.